The van der Waals surface area contributed by atoms with Crippen LogP contribution in [0.15, 0.2) is 24.4 Å². The molecule has 1 saturated heterocycles. The molecule has 1 atom stereocenters. The maximum atomic E-state index is 13.7. The molecule has 150 valence electrons. The SMILES string of the molecule is O=C(CN1CCCNCC1)NCc1cn(C2CCCc3ccc(F)cc32)nn1. The zero-order valence-corrected chi connectivity index (χ0v) is 16.0. The smallest absolute Gasteiger partial charge is 0.234 e. The Morgan fingerprint density at radius 1 is 1.29 bits per heavy atom. The van der Waals surface area contributed by atoms with Crippen molar-refractivity contribution in [3.8, 4) is 0 Å². The molecule has 0 saturated carbocycles. The predicted octanol–water partition coefficient (Wildman–Crippen LogP) is 1.25. The first kappa shape index (κ1) is 19.0. The van der Waals surface area contributed by atoms with E-state index in [1.807, 2.05) is 12.3 Å². The molecule has 4 rings (SSSR count). The Morgan fingerprint density at radius 3 is 3.14 bits per heavy atom. The van der Waals surface area contributed by atoms with E-state index in [1.54, 1.807) is 10.7 Å². The third-order valence-electron chi connectivity index (χ3n) is 5.53. The van der Waals surface area contributed by atoms with E-state index in [0.29, 0.717) is 13.1 Å². The Balaban J connectivity index is 1.35. The third-order valence-corrected chi connectivity index (χ3v) is 5.53. The van der Waals surface area contributed by atoms with Crippen LogP contribution in [0.25, 0.3) is 0 Å². The van der Waals surface area contributed by atoms with Crippen LogP contribution in [0.4, 0.5) is 4.39 Å². The van der Waals surface area contributed by atoms with Gasteiger partial charge in [0.05, 0.1) is 25.3 Å². The van der Waals surface area contributed by atoms with Gasteiger partial charge in [-0.15, -0.1) is 5.10 Å². The fraction of sp³-hybridized carbons (Fsp3) is 0.550. The lowest BCUT2D eigenvalue weighted by molar-refractivity contribution is -0.122. The average molecular weight is 386 g/mol. The highest BCUT2D eigenvalue weighted by molar-refractivity contribution is 5.77. The molecule has 0 bridgehead atoms. The van der Waals surface area contributed by atoms with Gasteiger partial charge in [-0.2, -0.15) is 0 Å². The van der Waals surface area contributed by atoms with Crippen LogP contribution in [0.5, 0.6) is 0 Å². The minimum Gasteiger partial charge on any atom is -0.349 e. The van der Waals surface area contributed by atoms with Crippen LogP contribution in [0.3, 0.4) is 0 Å². The van der Waals surface area contributed by atoms with Gasteiger partial charge in [-0.25, -0.2) is 9.07 Å². The molecule has 1 unspecified atom stereocenters. The molecule has 1 aliphatic heterocycles. The molecule has 7 nitrogen and oxygen atoms in total. The number of carbonyl (C=O) groups excluding carboxylic acids is 1. The summed E-state index contributed by atoms with van der Waals surface area (Å²) in [5, 5.41) is 14.7. The number of hydrogen-bond donors (Lipinski definition) is 2. The van der Waals surface area contributed by atoms with Crippen LogP contribution in [0.2, 0.25) is 0 Å². The Kier molecular flexibility index (Phi) is 5.97. The van der Waals surface area contributed by atoms with Crippen molar-refractivity contribution in [1.29, 1.82) is 0 Å². The summed E-state index contributed by atoms with van der Waals surface area (Å²) < 4.78 is 15.5. The van der Waals surface area contributed by atoms with Crippen molar-refractivity contribution in [3.63, 3.8) is 0 Å². The number of amides is 1. The average Bonchev–Trinajstić information content (AvgIpc) is 3.02. The molecule has 2 aromatic rings. The van der Waals surface area contributed by atoms with E-state index < -0.39 is 0 Å². The molecule has 2 aliphatic rings. The second kappa shape index (κ2) is 8.79. The zero-order chi connectivity index (χ0) is 19.3. The Morgan fingerprint density at radius 2 is 2.21 bits per heavy atom. The summed E-state index contributed by atoms with van der Waals surface area (Å²) in [4.78, 5) is 14.4. The summed E-state index contributed by atoms with van der Waals surface area (Å²) in [6, 6.07) is 5.00. The third kappa shape index (κ3) is 4.56. The van der Waals surface area contributed by atoms with Crippen molar-refractivity contribution in [2.45, 2.75) is 38.3 Å². The normalized spacial score (nSPS) is 20.4. The molecule has 2 heterocycles. The molecule has 1 aromatic carbocycles. The van der Waals surface area contributed by atoms with Crippen molar-refractivity contribution in [1.82, 2.24) is 30.5 Å². The fourth-order valence-corrected chi connectivity index (χ4v) is 4.07. The van der Waals surface area contributed by atoms with Crippen LogP contribution >= 0.6 is 0 Å². The number of halogens is 1. The van der Waals surface area contributed by atoms with Gasteiger partial charge >= 0.3 is 0 Å². The fourth-order valence-electron chi connectivity index (χ4n) is 4.07. The molecular formula is C20H27FN6O. The van der Waals surface area contributed by atoms with Crippen molar-refractivity contribution < 1.29 is 9.18 Å². The van der Waals surface area contributed by atoms with Gasteiger partial charge in [-0.05, 0) is 62.0 Å². The molecule has 8 heteroatoms. The topological polar surface area (TPSA) is 75.1 Å². The number of nitrogens with one attached hydrogen (secondary N) is 2. The van der Waals surface area contributed by atoms with Crippen molar-refractivity contribution in [3.05, 3.63) is 47.0 Å². The van der Waals surface area contributed by atoms with Gasteiger partial charge in [-0.3, -0.25) is 9.69 Å². The Hall–Kier alpha value is -2.32. The van der Waals surface area contributed by atoms with Crippen LogP contribution < -0.4 is 10.6 Å². The maximum Gasteiger partial charge on any atom is 0.234 e. The van der Waals surface area contributed by atoms with Crippen LogP contribution in [-0.2, 0) is 17.8 Å². The number of rotatable bonds is 5. The first-order valence-corrected chi connectivity index (χ1v) is 10.1. The van der Waals surface area contributed by atoms with Crippen molar-refractivity contribution in [2.24, 2.45) is 0 Å². The predicted molar refractivity (Wildman–Crippen MR) is 103 cm³/mol. The van der Waals surface area contributed by atoms with Crippen LogP contribution in [0, 0.1) is 5.82 Å². The molecule has 2 N–H and O–H groups in total. The Bertz CT molecular complexity index is 815. The quantitative estimate of drug-likeness (QED) is 0.809. The molecule has 1 aliphatic carbocycles. The highest BCUT2D eigenvalue weighted by atomic mass is 19.1. The summed E-state index contributed by atoms with van der Waals surface area (Å²) >= 11 is 0. The summed E-state index contributed by atoms with van der Waals surface area (Å²) in [6.45, 7) is 4.52. The largest absolute Gasteiger partial charge is 0.349 e. The number of aryl methyl sites for hydroxylation is 1. The number of benzene rings is 1. The lowest BCUT2D eigenvalue weighted by atomic mass is 9.88. The molecule has 1 amide bonds. The van der Waals surface area contributed by atoms with Gasteiger partial charge in [0.2, 0.25) is 5.91 Å². The summed E-state index contributed by atoms with van der Waals surface area (Å²) in [7, 11) is 0. The number of hydrogen-bond acceptors (Lipinski definition) is 5. The summed E-state index contributed by atoms with van der Waals surface area (Å²) in [5.41, 5.74) is 2.88. The second-order valence-corrected chi connectivity index (χ2v) is 7.60. The van der Waals surface area contributed by atoms with Gasteiger partial charge in [0.25, 0.3) is 0 Å². The van der Waals surface area contributed by atoms with Gasteiger partial charge < -0.3 is 10.6 Å². The van der Waals surface area contributed by atoms with Crippen LogP contribution in [0.1, 0.15) is 42.1 Å². The van der Waals surface area contributed by atoms with Crippen molar-refractivity contribution >= 4 is 5.91 Å². The molecule has 0 spiro atoms. The van der Waals surface area contributed by atoms with E-state index in [0.717, 1.165) is 63.1 Å². The maximum absolute atomic E-state index is 13.7. The number of fused-ring (bicyclic) bond motifs is 1. The first-order valence-electron chi connectivity index (χ1n) is 10.1. The molecule has 0 radical (unpaired) electrons. The number of aromatic nitrogens is 3. The molecule has 1 aromatic heterocycles. The molecular weight excluding hydrogens is 359 g/mol. The lowest BCUT2D eigenvalue weighted by Crippen LogP contribution is -2.38. The highest BCUT2D eigenvalue weighted by Crippen LogP contribution is 2.32. The second-order valence-electron chi connectivity index (χ2n) is 7.60. The summed E-state index contributed by atoms with van der Waals surface area (Å²) in [6.07, 6.45) is 5.84. The number of nitrogens with zero attached hydrogens (tertiary/aromatic N) is 4. The van der Waals surface area contributed by atoms with E-state index in [2.05, 4.69) is 25.8 Å². The molecule has 1 fully saturated rings. The lowest BCUT2D eigenvalue weighted by Gasteiger charge is -2.25. The van der Waals surface area contributed by atoms with E-state index >= 15 is 0 Å². The monoisotopic (exact) mass is 386 g/mol. The van der Waals surface area contributed by atoms with Crippen LogP contribution in [-0.4, -0.2) is 58.5 Å². The van der Waals surface area contributed by atoms with Gasteiger partial charge in [0.1, 0.15) is 11.5 Å². The standard InChI is InChI=1S/C20H27FN6O/c21-16-6-5-15-3-1-4-19(18(15)11-16)27-13-17(24-25-27)12-23-20(28)14-26-9-2-7-22-8-10-26/h5-6,11,13,19,22H,1-4,7-10,12,14H2,(H,23,28). The minimum absolute atomic E-state index is 0.000927. The number of carbonyl (C=O) groups is 1. The van der Waals surface area contributed by atoms with Crippen molar-refractivity contribution in [2.75, 3.05) is 32.7 Å². The highest BCUT2D eigenvalue weighted by Gasteiger charge is 2.23. The summed E-state index contributed by atoms with van der Waals surface area (Å²) in [5.74, 6) is -0.219. The van der Waals surface area contributed by atoms with Gasteiger partial charge in [0.15, 0.2) is 0 Å². The first-order chi connectivity index (χ1) is 13.7. The minimum atomic E-state index is -0.220. The molecule has 28 heavy (non-hydrogen) atoms. The van der Waals surface area contributed by atoms with E-state index in [4.69, 9.17) is 0 Å². The van der Waals surface area contributed by atoms with E-state index in [9.17, 15) is 9.18 Å². The van der Waals surface area contributed by atoms with E-state index in [-0.39, 0.29) is 17.8 Å². The van der Waals surface area contributed by atoms with Gasteiger partial charge in [0, 0.05) is 13.1 Å². The van der Waals surface area contributed by atoms with Gasteiger partial charge in [-0.1, -0.05) is 11.3 Å². The Labute approximate surface area is 164 Å². The zero-order valence-electron chi connectivity index (χ0n) is 16.0. The van der Waals surface area contributed by atoms with E-state index in [1.165, 1.54) is 11.6 Å².